The van der Waals surface area contributed by atoms with Crippen molar-refractivity contribution in [2.75, 3.05) is 6.54 Å². The lowest BCUT2D eigenvalue weighted by atomic mass is 10.1. The highest BCUT2D eigenvalue weighted by Gasteiger charge is 2.07. The molecule has 4 nitrogen and oxygen atoms in total. The second-order valence-electron chi connectivity index (χ2n) is 5.11. The maximum Gasteiger partial charge on any atom is 0.119 e. The number of hydrogen-bond donors (Lipinski definition) is 1. The molecular weight excluding hydrogens is 280 g/mol. The first-order valence-electron chi connectivity index (χ1n) is 6.86. The summed E-state index contributed by atoms with van der Waals surface area (Å²) in [6.45, 7) is 6.10. The lowest BCUT2D eigenvalue weighted by Gasteiger charge is -2.09. The van der Waals surface area contributed by atoms with Gasteiger partial charge in [-0.05, 0) is 30.2 Å². The highest BCUT2D eigenvalue weighted by molar-refractivity contribution is 7.99. The van der Waals surface area contributed by atoms with E-state index < -0.39 is 0 Å². The predicted molar refractivity (Wildman–Crippen MR) is 83.9 cm³/mol. The van der Waals surface area contributed by atoms with E-state index in [0.29, 0.717) is 11.5 Å². The normalized spacial score (nSPS) is 10.6. The van der Waals surface area contributed by atoms with Crippen molar-refractivity contribution in [2.45, 2.75) is 30.3 Å². The highest BCUT2D eigenvalue weighted by Crippen LogP contribution is 2.28. The minimum absolute atomic E-state index is 0.618. The van der Waals surface area contributed by atoms with Crippen LogP contribution < -0.4 is 5.32 Å². The predicted octanol–water partition coefficient (Wildman–Crippen LogP) is 3.25. The summed E-state index contributed by atoms with van der Waals surface area (Å²) in [6, 6.07) is 8.22. The maximum absolute atomic E-state index is 9.31. The molecule has 0 atom stereocenters. The van der Waals surface area contributed by atoms with E-state index in [1.54, 1.807) is 18.6 Å². The number of nitriles is 1. The molecule has 0 bridgehead atoms. The molecule has 108 valence electrons. The van der Waals surface area contributed by atoms with E-state index in [1.165, 1.54) is 11.8 Å². The molecule has 1 N–H and O–H groups in total. The Morgan fingerprint density at radius 1 is 1.33 bits per heavy atom. The van der Waals surface area contributed by atoms with Gasteiger partial charge < -0.3 is 5.32 Å². The number of nitrogens with zero attached hydrogens (tertiary/aromatic N) is 3. The summed E-state index contributed by atoms with van der Waals surface area (Å²) >= 11 is 1.46. The fourth-order valence-electron chi connectivity index (χ4n) is 1.82. The standard InChI is InChI=1S/C16H18N4S/c1-12(2)9-19-10-13-3-4-15(14(7-13)8-17)21-16-11-18-5-6-20-16/h3-7,11-12,19H,9-10H2,1-2H3. The molecule has 0 saturated carbocycles. The van der Waals surface area contributed by atoms with Gasteiger partial charge in [0.1, 0.15) is 11.1 Å². The van der Waals surface area contributed by atoms with Gasteiger partial charge in [0, 0.05) is 23.8 Å². The summed E-state index contributed by atoms with van der Waals surface area (Å²) in [6.07, 6.45) is 4.99. The third-order valence-corrected chi connectivity index (χ3v) is 3.80. The van der Waals surface area contributed by atoms with Crippen LogP contribution in [0.2, 0.25) is 0 Å². The zero-order valence-electron chi connectivity index (χ0n) is 12.2. The van der Waals surface area contributed by atoms with Crippen molar-refractivity contribution in [3.8, 4) is 6.07 Å². The van der Waals surface area contributed by atoms with Gasteiger partial charge in [0.2, 0.25) is 0 Å². The van der Waals surface area contributed by atoms with Gasteiger partial charge in [-0.2, -0.15) is 5.26 Å². The van der Waals surface area contributed by atoms with Crippen LogP contribution in [0.1, 0.15) is 25.0 Å². The fraction of sp³-hybridized carbons (Fsp3) is 0.312. The Morgan fingerprint density at radius 3 is 2.86 bits per heavy atom. The second-order valence-corrected chi connectivity index (χ2v) is 6.18. The van der Waals surface area contributed by atoms with Crippen LogP contribution >= 0.6 is 11.8 Å². The summed E-state index contributed by atoms with van der Waals surface area (Å²) in [4.78, 5) is 9.16. The van der Waals surface area contributed by atoms with Crippen LogP contribution in [-0.2, 0) is 6.54 Å². The highest BCUT2D eigenvalue weighted by atomic mass is 32.2. The third-order valence-electron chi connectivity index (χ3n) is 2.80. The summed E-state index contributed by atoms with van der Waals surface area (Å²) in [5.41, 5.74) is 1.80. The van der Waals surface area contributed by atoms with Crippen molar-refractivity contribution >= 4 is 11.8 Å². The SMILES string of the molecule is CC(C)CNCc1ccc(Sc2cnccn2)c(C#N)c1. The van der Waals surface area contributed by atoms with Gasteiger partial charge in [0.15, 0.2) is 0 Å². The third kappa shape index (κ3) is 4.85. The van der Waals surface area contributed by atoms with Gasteiger partial charge in [0.25, 0.3) is 0 Å². The molecule has 0 aliphatic heterocycles. The summed E-state index contributed by atoms with van der Waals surface area (Å²) in [5, 5.41) is 13.5. The number of aromatic nitrogens is 2. The van der Waals surface area contributed by atoms with Crippen molar-refractivity contribution in [3.63, 3.8) is 0 Å². The molecule has 2 aromatic rings. The molecule has 1 aromatic carbocycles. The largest absolute Gasteiger partial charge is 0.312 e. The van der Waals surface area contributed by atoms with E-state index in [9.17, 15) is 5.26 Å². The van der Waals surface area contributed by atoms with Gasteiger partial charge in [-0.25, -0.2) is 4.98 Å². The van der Waals surface area contributed by atoms with Crippen LogP contribution in [0, 0.1) is 17.2 Å². The summed E-state index contributed by atoms with van der Waals surface area (Å²) in [5.74, 6) is 0.618. The van der Waals surface area contributed by atoms with E-state index in [1.807, 2.05) is 18.2 Å². The first-order valence-corrected chi connectivity index (χ1v) is 7.68. The average Bonchev–Trinajstić information content (AvgIpc) is 2.49. The molecule has 1 aromatic heterocycles. The lowest BCUT2D eigenvalue weighted by Crippen LogP contribution is -2.18. The number of hydrogen-bond acceptors (Lipinski definition) is 5. The van der Waals surface area contributed by atoms with Gasteiger partial charge in [-0.3, -0.25) is 4.98 Å². The van der Waals surface area contributed by atoms with Crippen LogP contribution in [0.25, 0.3) is 0 Å². The molecule has 0 aliphatic rings. The van der Waals surface area contributed by atoms with E-state index in [-0.39, 0.29) is 0 Å². The summed E-state index contributed by atoms with van der Waals surface area (Å²) < 4.78 is 0. The lowest BCUT2D eigenvalue weighted by molar-refractivity contribution is 0.552. The molecule has 21 heavy (non-hydrogen) atoms. The first-order chi connectivity index (χ1) is 10.2. The second kappa shape index (κ2) is 7.77. The minimum Gasteiger partial charge on any atom is -0.312 e. The Morgan fingerprint density at radius 2 is 2.19 bits per heavy atom. The average molecular weight is 298 g/mol. The monoisotopic (exact) mass is 298 g/mol. The topological polar surface area (TPSA) is 61.6 Å². The van der Waals surface area contributed by atoms with Gasteiger partial charge in [0.05, 0.1) is 11.8 Å². The molecule has 0 saturated heterocycles. The van der Waals surface area contributed by atoms with E-state index in [0.717, 1.165) is 28.6 Å². The quantitative estimate of drug-likeness (QED) is 0.887. The van der Waals surface area contributed by atoms with Crippen LogP contribution in [-0.4, -0.2) is 16.5 Å². The van der Waals surface area contributed by atoms with Crippen molar-refractivity contribution in [1.82, 2.24) is 15.3 Å². The van der Waals surface area contributed by atoms with Gasteiger partial charge >= 0.3 is 0 Å². The Hall–Kier alpha value is -1.90. The van der Waals surface area contributed by atoms with Crippen LogP contribution in [0.3, 0.4) is 0 Å². The molecule has 0 spiro atoms. The van der Waals surface area contributed by atoms with Gasteiger partial charge in [-0.1, -0.05) is 31.7 Å². The molecule has 1 heterocycles. The minimum atomic E-state index is 0.618. The Kier molecular flexibility index (Phi) is 5.73. The Bertz CT molecular complexity index is 620. The van der Waals surface area contributed by atoms with Crippen molar-refractivity contribution < 1.29 is 0 Å². The number of rotatable bonds is 6. The number of nitrogens with one attached hydrogen (secondary N) is 1. The maximum atomic E-state index is 9.31. The van der Waals surface area contributed by atoms with E-state index in [2.05, 4.69) is 35.2 Å². The van der Waals surface area contributed by atoms with E-state index in [4.69, 9.17) is 0 Å². The molecule has 0 amide bonds. The smallest absolute Gasteiger partial charge is 0.119 e. The molecule has 2 rings (SSSR count). The number of benzene rings is 1. The Balaban J connectivity index is 2.08. The summed E-state index contributed by atoms with van der Waals surface area (Å²) in [7, 11) is 0. The van der Waals surface area contributed by atoms with Gasteiger partial charge in [-0.15, -0.1) is 0 Å². The van der Waals surface area contributed by atoms with Crippen LogP contribution in [0.15, 0.2) is 46.7 Å². The van der Waals surface area contributed by atoms with Crippen LogP contribution in [0.4, 0.5) is 0 Å². The van der Waals surface area contributed by atoms with Crippen LogP contribution in [0.5, 0.6) is 0 Å². The molecule has 5 heteroatoms. The fourth-order valence-corrected chi connectivity index (χ4v) is 2.62. The van der Waals surface area contributed by atoms with Crippen molar-refractivity contribution in [3.05, 3.63) is 47.9 Å². The Labute approximate surface area is 129 Å². The van der Waals surface area contributed by atoms with Crippen molar-refractivity contribution in [1.29, 1.82) is 5.26 Å². The molecule has 0 unspecified atom stereocenters. The van der Waals surface area contributed by atoms with Crippen molar-refractivity contribution in [2.24, 2.45) is 5.92 Å². The first kappa shape index (κ1) is 15.5. The zero-order chi connectivity index (χ0) is 15.1. The molecule has 0 fully saturated rings. The zero-order valence-corrected chi connectivity index (χ0v) is 13.0. The molecule has 0 aliphatic carbocycles. The molecular formula is C16H18N4S. The van der Waals surface area contributed by atoms with E-state index >= 15 is 0 Å². The molecule has 0 radical (unpaired) electrons.